The first kappa shape index (κ1) is 13.8. The molecule has 0 saturated heterocycles. The summed E-state index contributed by atoms with van der Waals surface area (Å²) in [4.78, 5) is 0. The van der Waals surface area contributed by atoms with Crippen LogP contribution in [0.4, 0.5) is 0 Å². The van der Waals surface area contributed by atoms with Gasteiger partial charge in [0.25, 0.3) is 0 Å². The predicted octanol–water partition coefficient (Wildman–Crippen LogP) is 0.529. The minimum atomic E-state index is -0.469. The van der Waals surface area contributed by atoms with E-state index >= 15 is 0 Å². The second-order valence-corrected chi connectivity index (χ2v) is 3.72. The largest absolute Gasteiger partial charge is 0.394 e. The molecule has 4 heteroatoms. The Bertz CT molecular complexity index is 129. The molecule has 0 bridgehead atoms. The number of hydrogen-bond acceptors (Lipinski definition) is 4. The summed E-state index contributed by atoms with van der Waals surface area (Å²) in [5.41, 5.74) is 5.28. The predicted molar refractivity (Wildman–Crippen MR) is 56.2 cm³/mol. The molecule has 3 N–H and O–H groups in total. The summed E-state index contributed by atoms with van der Waals surface area (Å²) in [6.07, 6.45) is 1.65. The van der Waals surface area contributed by atoms with E-state index in [2.05, 4.69) is 0 Å². The summed E-state index contributed by atoms with van der Waals surface area (Å²) < 4.78 is 10.4. The smallest absolute Gasteiger partial charge is 0.0700 e. The topological polar surface area (TPSA) is 64.7 Å². The van der Waals surface area contributed by atoms with E-state index in [4.69, 9.17) is 20.3 Å². The summed E-state index contributed by atoms with van der Waals surface area (Å²) in [6, 6.07) is 0. The zero-order valence-corrected chi connectivity index (χ0v) is 9.29. The van der Waals surface area contributed by atoms with Crippen molar-refractivity contribution in [3.63, 3.8) is 0 Å². The summed E-state index contributed by atoms with van der Waals surface area (Å²) in [5, 5.41) is 8.88. The molecule has 0 aliphatic rings. The molecule has 1 unspecified atom stereocenters. The lowest BCUT2D eigenvalue weighted by molar-refractivity contribution is 0.0487. The molecule has 0 aromatic heterocycles. The van der Waals surface area contributed by atoms with Crippen molar-refractivity contribution < 1.29 is 14.6 Å². The van der Waals surface area contributed by atoms with Crippen LogP contribution in [-0.2, 0) is 9.47 Å². The molecular formula is C10H23NO3. The molecule has 0 amide bonds. The van der Waals surface area contributed by atoms with Crippen molar-refractivity contribution in [1.29, 1.82) is 0 Å². The molecule has 86 valence electrons. The molecule has 0 saturated carbocycles. The van der Waals surface area contributed by atoms with Crippen molar-refractivity contribution in [1.82, 2.24) is 0 Å². The van der Waals surface area contributed by atoms with Crippen molar-refractivity contribution in [2.45, 2.75) is 32.2 Å². The van der Waals surface area contributed by atoms with E-state index in [1.165, 1.54) is 0 Å². The summed E-state index contributed by atoms with van der Waals surface area (Å²) in [7, 11) is 0. The maximum atomic E-state index is 8.88. The molecule has 14 heavy (non-hydrogen) atoms. The highest BCUT2D eigenvalue weighted by atomic mass is 16.5. The lowest BCUT2D eigenvalue weighted by Crippen LogP contribution is -2.40. The van der Waals surface area contributed by atoms with Crippen LogP contribution < -0.4 is 5.73 Å². The minimum absolute atomic E-state index is 0.0198. The fraction of sp³-hybridized carbons (Fsp3) is 1.00. The Morgan fingerprint density at radius 2 is 1.86 bits per heavy atom. The lowest BCUT2D eigenvalue weighted by Gasteiger charge is -2.21. The third-order valence-corrected chi connectivity index (χ3v) is 1.97. The first-order chi connectivity index (χ1) is 6.62. The number of ether oxygens (including phenoxy) is 2. The second-order valence-electron chi connectivity index (χ2n) is 3.72. The van der Waals surface area contributed by atoms with Gasteiger partial charge < -0.3 is 20.3 Å². The average molecular weight is 205 g/mol. The number of hydrogen-bond donors (Lipinski definition) is 2. The SMILES string of the molecule is CCOCCOCCCC(C)(N)CO. The zero-order valence-electron chi connectivity index (χ0n) is 9.29. The van der Waals surface area contributed by atoms with Crippen LogP contribution in [0.15, 0.2) is 0 Å². The summed E-state index contributed by atoms with van der Waals surface area (Å²) in [6.45, 7) is 6.51. The monoisotopic (exact) mass is 205 g/mol. The average Bonchev–Trinajstić information content (AvgIpc) is 2.16. The molecule has 0 aliphatic heterocycles. The van der Waals surface area contributed by atoms with Crippen LogP contribution in [0.1, 0.15) is 26.7 Å². The Balaban J connectivity index is 3.13. The zero-order chi connectivity index (χ0) is 10.9. The van der Waals surface area contributed by atoms with Gasteiger partial charge in [-0.05, 0) is 26.7 Å². The van der Waals surface area contributed by atoms with Crippen LogP contribution in [0.3, 0.4) is 0 Å². The highest BCUT2D eigenvalue weighted by Crippen LogP contribution is 2.07. The molecule has 1 atom stereocenters. The van der Waals surface area contributed by atoms with Gasteiger partial charge in [0, 0.05) is 18.8 Å². The van der Waals surface area contributed by atoms with Gasteiger partial charge in [-0.1, -0.05) is 0 Å². The molecule has 4 nitrogen and oxygen atoms in total. The van der Waals surface area contributed by atoms with Gasteiger partial charge >= 0.3 is 0 Å². The molecule has 0 spiro atoms. The number of rotatable bonds is 9. The van der Waals surface area contributed by atoms with Crippen molar-refractivity contribution in [3.05, 3.63) is 0 Å². The molecule has 0 fully saturated rings. The van der Waals surface area contributed by atoms with Crippen LogP contribution in [0, 0.1) is 0 Å². The highest BCUT2D eigenvalue weighted by Gasteiger charge is 2.15. The van der Waals surface area contributed by atoms with Crippen LogP contribution in [-0.4, -0.2) is 43.7 Å². The van der Waals surface area contributed by atoms with E-state index < -0.39 is 5.54 Å². The van der Waals surface area contributed by atoms with Gasteiger partial charge in [0.1, 0.15) is 0 Å². The van der Waals surface area contributed by atoms with Crippen molar-refractivity contribution in [2.75, 3.05) is 33.0 Å². The Morgan fingerprint density at radius 1 is 1.21 bits per heavy atom. The van der Waals surface area contributed by atoms with Crippen LogP contribution >= 0.6 is 0 Å². The van der Waals surface area contributed by atoms with E-state index in [1.807, 2.05) is 13.8 Å². The first-order valence-corrected chi connectivity index (χ1v) is 5.17. The van der Waals surface area contributed by atoms with Gasteiger partial charge in [0.2, 0.25) is 0 Å². The molecule has 0 aromatic carbocycles. The number of nitrogens with two attached hydrogens (primary N) is 1. The Morgan fingerprint density at radius 3 is 2.43 bits per heavy atom. The molecular weight excluding hydrogens is 182 g/mol. The van der Waals surface area contributed by atoms with E-state index in [9.17, 15) is 0 Å². The third kappa shape index (κ3) is 8.44. The van der Waals surface area contributed by atoms with Crippen molar-refractivity contribution in [3.8, 4) is 0 Å². The number of aliphatic hydroxyl groups is 1. The molecule has 0 aromatic rings. The third-order valence-electron chi connectivity index (χ3n) is 1.97. The standard InChI is InChI=1S/C10H23NO3/c1-3-13-7-8-14-6-4-5-10(2,11)9-12/h12H,3-9,11H2,1-2H3. The van der Waals surface area contributed by atoms with Gasteiger partial charge in [-0.15, -0.1) is 0 Å². The number of aliphatic hydroxyl groups excluding tert-OH is 1. The van der Waals surface area contributed by atoms with E-state index in [-0.39, 0.29) is 6.61 Å². The maximum absolute atomic E-state index is 8.88. The minimum Gasteiger partial charge on any atom is -0.394 e. The van der Waals surface area contributed by atoms with Gasteiger partial charge in [-0.2, -0.15) is 0 Å². The van der Waals surface area contributed by atoms with Crippen LogP contribution in [0.2, 0.25) is 0 Å². The summed E-state index contributed by atoms with van der Waals surface area (Å²) in [5.74, 6) is 0. The molecule has 0 radical (unpaired) electrons. The Hall–Kier alpha value is -0.160. The lowest BCUT2D eigenvalue weighted by atomic mass is 9.99. The van der Waals surface area contributed by atoms with Crippen molar-refractivity contribution in [2.24, 2.45) is 5.73 Å². The van der Waals surface area contributed by atoms with Gasteiger partial charge in [-0.3, -0.25) is 0 Å². The molecule has 0 rings (SSSR count). The van der Waals surface area contributed by atoms with Gasteiger partial charge in [0.05, 0.1) is 19.8 Å². The first-order valence-electron chi connectivity index (χ1n) is 5.17. The Kier molecular flexibility index (Phi) is 8.08. The summed E-state index contributed by atoms with van der Waals surface area (Å²) >= 11 is 0. The fourth-order valence-corrected chi connectivity index (χ4v) is 1.02. The van der Waals surface area contributed by atoms with E-state index in [0.717, 1.165) is 19.4 Å². The fourth-order valence-electron chi connectivity index (χ4n) is 1.02. The quantitative estimate of drug-likeness (QED) is 0.539. The van der Waals surface area contributed by atoms with E-state index in [0.29, 0.717) is 19.8 Å². The maximum Gasteiger partial charge on any atom is 0.0700 e. The van der Waals surface area contributed by atoms with Gasteiger partial charge in [-0.25, -0.2) is 0 Å². The molecule has 0 heterocycles. The highest BCUT2D eigenvalue weighted by molar-refractivity contribution is 4.76. The van der Waals surface area contributed by atoms with Gasteiger partial charge in [0.15, 0.2) is 0 Å². The van der Waals surface area contributed by atoms with Crippen LogP contribution in [0.25, 0.3) is 0 Å². The van der Waals surface area contributed by atoms with Crippen LogP contribution in [0.5, 0.6) is 0 Å². The second kappa shape index (κ2) is 8.17. The normalized spacial score (nSPS) is 15.4. The Labute approximate surface area is 86.4 Å². The van der Waals surface area contributed by atoms with E-state index in [1.54, 1.807) is 0 Å². The molecule has 0 aliphatic carbocycles. The van der Waals surface area contributed by atoms with Crippen molar-refractivity contribution >= 4 is 0 Å².